The molecule has 0 saturated heterocycles. The van der Waals surface area contributed by atoms with Gasteiger partial charge in [-0.15, -0.1) is 0 Å². The number of nitrogens with one attached hydrogen (secondary N) is 1. The quantitative estimate of drug-likeness (QED) is 0.652. The zero-order valence-corrected chi connectivity index (χ0v) is 11.9. The molecule has 0 bridgehead atoms. The molecule has 0 aromatic heterocycles. The number of hydrogen-bond donors (Lipinski definition) is 2. The van der Waals surface area contributed by atoms with Gasteiger partial charge in [0.1, 0.15) is 0 Å². The van der Waals surface area contributed by atoms with Crippen molar-refractivity contribution < 1.29 is 14.5 Å². The molecule has 2 atom stereocenters. The van der Waals surface area contributed by atoms with Crippen LogP contribution >= 0.6 is 0 Å². The van der Waals surface area contributed by atoms with E-state index in [4.69, 9.17) is 10.5 Å². The lowest BCUT2D eigenvalue weighted by molar-refractivity contribution is -0.385. The molecular weight excluding hydrogens is 274 g/mol. The second kappa shape index (κ2) is 6.53. The van der Waals surface area contributed by atoms with Gasteiger partial charge in [-0.25, -0.2) is 0 Å². The SMILES string of the molecule is COc1ccc(NC(=O)C2CCCC(N)C2)cc1[N+](=O)[O-]. The maximum absolute atomic E-state index is 12.2. The van der Waals surface area contributed by atoms with Crippen molar-refractivity contribution in [3.05, 3.63) is 28.3 Å². The number of nitrogens with two attached hydrogens (primary N) is 1. The molecule has 1 saturated carbocycles. The van der Waals surface area contributed by atoms with Gasteiger partial charge in [0.15, 0.2) is 5.75 Å². The van der Waals surface area contributed by atoms with Crippen LogP contribution in [0.15, 0.2) is 18.2 Å². The van der Waals surface area contributed by atoms with Crippen LogP contribution in [0.4, 0.5) is 11.4 Å². The minimum atomic E-state index is -0.537. The Hall–Kier alpha value is -2.15. The Morgan fingerprint density at radius 2 is 2.24 bits per heavy atom. The van der Waals surface area contributed by atoms with Crippen molar-refractivity contribution in [1.29, 1.82) is 0 Å². The number of hydrogen-bond acceptors (Lipinski definition) is 5. The monoisotopic (exact) mass is 293 g/mol. The predicted octanol–water partition coefficient (Wildman–Crippen LogP) is 2.06. The van der Waals surface area contributed by atoms with Crippen LogP contribution < -0.4 is 15.8 Å². The number of amides is 1. The van der Waals surface area contributed by atoms with Crippen molar-refractivity contribution in [2.24, 2.45) is 11.7 Å². The fourth-order valence-corrected chi connectivity index (χ4v) is 2.62. The molecule has 1 aliphatic carbocycles. The van der Waals surface area contributed by atoms with E-state index >= 15 is 0 Å². The third kappa shape index (κ3) is 3.69. The molecule has 3 N–H and O–H groups in total. The van der Waals surface area contributed by atoms with Gasteiger partial charge >= 0.3 is 5.69 Å². The average Bonchev–Trinajstić information content (AvgIpc) is 2.47. The molecule has 0 spiro atoms. The maximum Gasteiger partial charge on any atom is 0.312 e. The fourth-order valence-electron chi connectivity index (χ4n) is 2.62. The zero-order valence-electron chi connectivity index (χ0n) is 11.9. The number of ether oxygens (including phenoxy) is 1. The molecule has 1 aliphatic rings. The maximum atomic E-state index is 12.2. The highest BCUT2D eigenvalue weighted by Crippen LogP contribution is 2.30. The van der Waals surface area contributed by atoms with E-state index in [9.17, 15) is 14.9 Å². The Balaban J connectivity index is 2.10. The van der Waals surface area contributed by atoms with Crippen LogP contribution in [0.25, 0.3) is 0 Å². The van der Waals surface area contributed by atoms with Gasteiger partial charge in [0.2, 0.25) is 5.91 Å². The number of methoxy groups -OCH3 is 1. The predicted molar refractivity (Wildman–Crippen MR) is 78.2 cm³/mol. The molecule has 7 heteroatoms. The molecule has 0 aliphatic heterocycles. The van der Waals surface area contributed by atoms with Gasteiger partial charge in [-0.3, -0.25) is 14.9 Å². The smallest absolute Gasteiger partial charge is 0.312 e. The van der Waals surface area contributed by atoms with Gasteiger partial charge in [0.25, 0.3) is 0 Å². The third-order valence-corrected chi connectivity index (χ3v) is 3.73. The van der Waals surface area contributed by atoms with E-state index < -0.39 is 4.92 Å². The number of benzene rings is 1. The summed E-state index contributed by atoms with van der Waals surface area (Å²) in [6.45, 7) is 0. The molecule has 0 heterocycles. The minimum absolute atomic E-state index is 0.0553. The first-order valence-electron chi connectivity index (χ1n) is 6.90. The third-order valence-electron chi connectivity index (χ3n) is 3.73. The number of nitro groups is 1. The zero-order chi connectivity index (χ0) is 15.4. The van der Waals surface area contributed by atoms with Crippen LogP contribution in [0, 0.1) is 16.0 Å². The second-order valence-electron chi connectivity index (χ2n) is 5.26. The number of nitrogens with zero attached hydrogens (tertiary/aromatic N) is 1. The summed E-state index contributed by atoms with van der Waals surface area (Å²) in [6.07, 6.45) is 3.33. The molecule has 1 fully saturated rings. The first-order chi connectivity index (χ1) is 10.0. The minimum Gasteiger partial charge on any atom is -0.490 e. The molecule has 1 aromatic carbocycles. The van der Waals surface area contributed by atoms with Crippen molar-refractivity contribution in [2.45, 2.75) is 31.7 Å². The Bertz CT molecular complexity index is 547. The van der Waals surface area contributed by atoms with Crippen molar-refractivity contribution in [2.75, 3.05) is 12.4 Å². The van der Waals surface area contributed by atoms with Crippen LogP contribution in [-0.4, -0.2) is 24.0 Å². The average molecular weight is 293 g/mol. The summed E-state index contributed by atoms with van der Waals surface area (Å²) in [7, 11) is 1.37. The number of rotatable bonds is 4. The number of carbonyl (C=O) groups is 1. The Labute approximate surface area is 122 Å². The van der Waals surface area contributed by atoms with Crippen LogP contribution in [-0.2, 0) is 4.79 Å². The lowest BCUT2D eigenvalue weighted by Gasteiger charge is -2.25. The molecular formula is C14H19N3O4. The van der Waals surface area contributed by atoms with Gasteiger partial charge in [0, 0.05) is 23.7 Å². The summed E-state index contributed by atoms with van der Waals surface area (Å²) in [6, 6.07) is 4.42. The van der Waals surface area contributed by atoms with E-state index in [1.54, 1.807) is 6.07 Å². The van der Waals surface area contributed by atoms with Gasteiger partial charge in [0.05, 0.1) is 12.0 Å². The van der Waals surface area contributed by atoms with E-state index in [1.165, 1.54) is 19.2 Å². The lowest BCUT2D eigenvalue weighted by Crippen LogP contribution is -2.34. The van der Waals surface area contributed by atoms with Crippen molar-refractivity contribution >= 4 is 17.3 Å². The van der Waals surface area contributed by atoms with Crippen molar-refractivity contribution in [1.82, 2.24) is 0 Å². The fraction of sp³-hybridized carbons (Fsp3) is 0.500. The number of carbonyl (C=O) groups excluding carboxylic acids is 1. The molecule has 7 nitrogen and oxygen atoms in total. The first kappa shape index (κ1) is 15.2. The van der Waals surface area contributed by atoms with Gasteiger partial charge in [-0.1, -0.05) is 6.42 Å². The van der Waals surface area contributed by atoms with Crippen LogP contribution in [0.5, 0.6) is 5.75 Å². The molecule has 0 radical (unpaired) electrons. The summed E-state index contributed by atoms with van der Waals surface area (Å²) < 4.78 is 4.93. The van der Waals surface area contributed by atoms with Crippen LogP contribution in [0.1, 0.15) is 25.7 Å². The van der Waals surface area contributed by atoms with Gasteiger partial charge in [-0.05, 0) is 31.4 Å². The topological polar surface area (TPSA) is 107 Å². The number of nitro benzene ring substituents is 1. The largest absolute Gasteiger partial charge is 0.490 e. The van der Waals surface area contributed by atoms with Gasteiger partial charge in [-0.2, -0.15) is 0 Å². The van der Waals surface area contributed by atoms with Gasteiger partial charge < -0.3 is 15.8 Å². The Morgan fingerprint density at radius 3 is 2.86 bits per heavy atom. The van der Waals surface area contributed by atoms with E-state index in [0.29, 0.717) is 12.1 Å². The molecule has 1 amide bonds. The Morgan fingerprint density at radius 1 is 1.48 bits per heavy atom. The van der Waals surface area contributed by atoms with Crippen LogP contribution in [0.2, 0.25) is 0 Å². The highest BCUT2D eigenvalue weighted by atomic mass is 16.6. The summed E-state index contributed by atoms with van der Waals surface area (Å²) in [5.74, 6) is -0.0998. The standard InChI is InChI=1S/C14H19N3O4/c1-21-13-6-5-11(8-12(13)17(19)20)16-14(18)9-3-2-4-10(15)7-9/h5-6,8-10H,2-4,7,15H2,1H3,(H,16,18). The normalized spacial score (nSPS) is 21.6. The molecule has 2 unspecified atom stereocenters. The summed E-state index contributed by atoms with van der Waals surface area (Å²) in [5.41, 5.74) is 6.10. The molecule has 1 aromatic rings. The van der Waals surface area contributed by atoms with E-state index in [1.807, 2.05) is 0 Å². The summed E-state index contributed by atoms with van der Waals surface area (Å²) >= 11 is 0. The molecule has 21 heavy (non-hydrogen) atoms. The highest BCUT2D eigenvalue weighted by Gasteiger charge is 2.26. The lowest BCUT2D eigenvalue weighted by atomic mass is 9.85. The van der Waals surface area contributed by atoms with Crippen LogP contribution in [0.3, 0.4) is 0 Å². The van der Waals surface area contributed by atoms with Crippen molar-refractivity contribution in [3.8, 4) is 5.75 Å². The van der Waals surface area contributed by atoms with Crippen molar-refractivity contribution in [3.63, 3.8) is 0 Å². The van der Waals surface area contributed by atoms with E-state index in [0.717, 1.165) is 19.3 Å². The molecule has 114 valence electrons. The molecule has 2 rings (SSSR count). The number of anilines is 1. The Kier molecular flexibility index (Phi) is 4.74. The summed E-state index contributed by atoms with van der Waals surface area (Å²) in [5, 5.41) is 13.7. The van der Waals surface area contributed by atoms with E-state index in [2.05, 4.69) is 5.32 Å². The first-order valence-corrected chi connectivity index (χ1v) is 6.90. The highest BCUT2D eigenvalue weighted by molar-refractivity contribution is 5.93. The summed E-state index contributed by atoms with van der Waals surface area (Å²) in [4.78, 5) is 22.6. The van der Waals surface area contributed by atoms with E-state index in [-0.39, 0.29) is 29.3 Å². The second-order valence-corrected chi connectivity index (χ2v) is 5.26.